The van der Waals surface area contributed by atoms with Gasteiger partial charge in [-0.3, -0.25) is 4.79 Å². The number of benzene rings is 1. The van der Waals surface area contributed by atoms with Crippen LogP contribution in [0, 0.1) is 0 Å². The van der Waals surface area contributed by atoms with Crippen LogP contribution in [-0.2, 0) is 14.8 Å². The van der Waals surface area contributed by atoms with E-state index in [0.29, 0.717) is 18.7 Å². The fraction of sp³-hybridized carbons (Fsp3) is 0.533. The molecule has 2 fully saturated rings. The third-order valence-corrected chi connectivity index (χ3v) is 6.37. The molecular weight excluding hydrogens is 304 g/mol. The van der Waals surface area contributed by atoms with E-state index < -0.39 is 15.9 Å². The molecule has 2 N–H and O–H groups in total. The molecule has 2 atom stereocenters. The van der Waals surface area contributed by atoms with E-state index in [1.165, 1.54) is 24.3 Å². The van der Waals surface area contributed by atoms with Gasteiger partial charge in [0.15, 0.2) is 0 Å². The highest BCUT2D eigenvalue weighted by Gasteiger charge is 2.40. The number of nitrogens with zero attached hydrogens (tertiary/aromatic N) is 1. The number of sulfonamides is 1. The van der Waals surface area contributed by atoms with Gasteiger partial charge >= 0.3 is 0 Å². The predicted octanol–water partition coefficient (Wildman–Crippen LogP) is 1.12. The van der Waals surface area contributed by atoms with E-state index in [1.54, 1.807) is 4.31 Å². The number of nitrogens with two attached hydrogens (primary N) is 1. The molecule has 22 heavy (non-hydrogen) atoms. The second kappa shape index (κ2) is 5.98. The maximum absolute atomic E-state index is 12.9. The van der Waals surface area contributed by atoms with Crippen LogP contribution in [0.5, 0.6) is 0 Å². The summed E-state index contributed by atoms with van der Waals surface area (Å²) in [7, 11) is -3.57. The van der Waals surface area contributed by atoms with Crippen LogP contribution >= 0.6 is 0 Å². The van der Waals surface area contributed by atoms with Gasteiger partial charge in [0.25, 0.3) is 0 Å². The largest absolute Gasteiger partial charge is 0.375 e. The van der Waals surface area contributed by atoms with Crippen molar-refractivity contribution in [2.24, 2.45) is 5.73 Å². The van der Waals surface area contributed by atoms with E-state index in [1.807, 2.05) is 0 Å². The smallest absolute Gasteiger partial charge is 0.248 e. The summed E-state index contributed by atoms with van der Waals surface area (Å²) in [5, 5.41) is 0. The molecule has 7 heteroatoms. The number of hydrogen-bond acceptors (Lipinski definition) is 4. The average Bonchev–Trinajstić information content (AvgIpc) is 2.54. The summed E-state index contributed by atoms with van der Waals surface area (Å²) in [5.74, 6) is -0.567. The van der Waals surface area contributed by atoms with Crippen molar-refractivity contribution in [2.75, 3.05) is 13.2 Å². The summed E-state index contributed by atoms with van der Waals surface area (Å²) in [5.41, 5.74) is 5.49. The molecule has 1 aromatic rings. The van der Waals surface area contributed by atoms with Crippen LogP contribution in [0.15, 0.2) is 29.2 Å². The summed E-state index contributed by atoms with van der Waals surface area (Å²) < 4.78 is 33.1. The van der Waals surface area contributed by atoms with E-state index in [9.17, 15) is 13.2 Å². The molecule has 1 aliphatic carbocycles. The van der Waals surface area contributed by atoms with Crippen molar-refractivity contribution in [3.8, 4) is 0 Å². The quantitative estimate of drug-likeness (QED) is 0.902. The number of carbonyl (C=O) groups is 1. The van der Waals surface area contributed by atoms with Crippen molar-refractivity contribution in [1.82, 2.24) is 4.31 Å². The fourth-order valence-electron chi connectivity index (χ4n) is 3.29. The number of amides is 1. The number of ether oxygens (including phenoxy) is 1. The molecule has 120 valence electrons. The Balaban J connectivity index is 1.89. The Morgan fingerprint density at radius 2 is 1.86 bits per heavy atom. The topological polar surface area (TPSA) is 89.7 Å². The molecule has 1 aromatic carbocycles. The van der Waals surface area contributed by atoms with Crippen LogP contribution in [0.1, 0.15) is 36.0 Å². The molecule has 1 saturated carbocycles. The standard InChI is InChI=1S/C15H20N2O4S/c16-15(18)11-5-7-12(8-6-11)22(19,20)17-9-10-21-14-4-2-1-3-13(14)17/h5-8,13-14H,1-4,9-10H2,(H2,16,18)/t13-,14-/m1/s1. The summed E-state index contributed by atoms with van der Waals surface area (Å²) in [6.45, 7) is 0.806. The highest BCUT2D eigenvalue weighted by Crippen LogP contribution is 2.32. The first kappa shape index (κ1) is 15.5. The Labute approximate surface area is 130 Å². The third-order valence-electron chi connectivity index (χ3n) is 4.43. The van der Waals surface area contributed by atoms with Crippen LogP contribution in [0.25, 0.3) is 0 Å². The molecule has 6 nitrogen and oxygen atoms in total. The molecule has 0 spiro atoms. The van der Waals surface area contributed by atoms with Gasteiger partial charge in [-0.1, -0.05) is 12.8 Å². The van der Waals surface area contributed by atoms with E-state index in [2.05, 4.69) is 0 Å². The van der Waals surface area contributed by atoms with Crippen molar-refractivity contribution in [1.29, 1.82) is 0 Å². The van der Waals surface area contributed by atoms with Crippen molar-refractivity contribution < 1.29 is 17.9 Å². The van der Waals surface area contributed by atoms with Crippen molar-refractivity contribution >= 4 is 15.9 Å². The summed E-state index contributed by atoms with van der Waals surface area (Å²) in [6, 6.07) is 5.72. The minimum absolute atomic E-state index is 0.00201. The van der Waals surface area contributed by atoms with E-state index in [4.69, 9.17) is 10.5 Å². The lowest BCUT2D eigenvalue weighted by Crippen LogP contribution is -2.54. The highest BCUT2D eigenvalue weighted by atomic mass is 32.2. The Hall–Kier alpha value is -1.44. The normalized spacial score (nSPS) is 26.4. The first-order chi connectivity index (χ1) is 10.5. The third kappa shape index (κ3) is 2.76. The second-order valence-corrected chi connectivity index (χ2v) is 7.66. The molecular formula is C15H20N2O4S. The molecule has 0 aromatic heterocycles. The van der Waals surface area contributed by atoms with Crippen LogP contribution in [0.3, 0.4) is 0 Å². The molecule has 0 bridgehead atoms. The van der Waals surface area contributed by atoms with E-state index >= 15 is 0 Å². The Morgan fingerprint density at radius 1 is 1.18 bits per heavy atom. The second-order valence-electron chi connectivity index (χ2n) is 5.77. The van der Waals surface area contributed by atoms with Crippen LogP contribution in [0.4, 0.5) is 0 Å². The Morgan fingerprint density at radius 3 is 2.55 bits per heavy atom. The lowest BCUT2D eigenvalue weighted by molar-refractivity contribution is -0.0586. The minimum atomic E-state index is -3.57. The summed E-state index contributed by atoms with van der Waals surface area (Å²) in [4.78, 5) is 11.3. The number of hydrogen-bond donors (Lipinski definition) is 1. The SMILES string of the molecule is NC(=O)c1ccc(S(=O)(=O)N2CCO[C@@H]3CCCC[C@H]32)cc1. The minimum Gasteiger partial charge on any atom is -0.375 e. The first-order valence-electron chi connectivity index (χ1n) is 7.53. The van der Waals surface area contributed by atoms with E-state index in [-0.39, 0.29) is 17.0 Å². The molecule has 2 aliphatic rings. The maximum atomic E-state index is 12.9. The average molecular weight is 324 g/mol. The molecule has 0 unspecified atom stereocenters. The first-order valence-corrected chi connectivity index (χ1v) is 8.97. The summed E-state index contributed by atoms with van der Waals surface area (Å²) >= 11 is 0. The fourth-order valence-corrected chi connectivity index (χ4v) is 4.95. The van der Waals surface area contributed by atoms with Crippen molar-refractivity contribution in [2.45, 2.75) is 42.7 Å². The van der Waals surface area contributed by atoms with Gasteiger partial charge in [-0.2, -0.15) is 4.31 Å². The predicted molar refractivity (Wildman–Crippen MR) is 80.8 cm³/mol. The van der Waals surface area contributed by atoms with Gasteiger partial charge in [0.05, 0.1) is 23.6 Å². The zero-order valence-electron chi connectivity index (χ0n) is 12.3. The van der Waals surface area contributed by atoms with Crippen LogP contribution < -0.4 is 5.73 Å². The number of fused-ring (bicyclic) bond motifs is 1. The number of carbonyl (C=O) groups excluding carboxylic acids is 1. The number of rotatable bonds is 3. The Kier molecular flexibility index (Phi) is 4.20. The maximum Gasteiger partial charge on any atom is 0.248 e. The van der Waals surface area contributed by atoms with Gasteiger partial charge in [0, 0.05) is 12.1 Å². The van der Waals surface area contributed by atoms with Gasteiger partial charge in [-0.25, -0.2) is 8.42 Å². The van der Waals surface area contributed by atoms with Crippen LogP contribution in [0.2, 0.25) is 0 Å². The molecule has 1 amide bonds. The molecule has 1 aliphatic heterocycles. The molecule has 1 heterocycles. The van der Waals surface area contributed by atoms with E-state index in [0.717, 1.165) is 25.7 Å². The zero-order chi connectivity index (χ0) is 15.7. The van der Waals surface area contributed by atoms with Crippen molar-refractivity contribution in [3.05, 3.63) is 29.8 Å². The highest BCUT2D eigenvalue weighted by molar-refractivity contribution is 7.89. The van der Waals surface area contributed by atoms with Gasteiger partial charge in [0.2, 0.25) is 15.9 Å². The number of morpholine rings is 1. The van der Waals surface area contributed by atoms with Crippen LogP contribution in [-0.4, -0.2) is 43.9 Å². The molecule has 3 rings (SSSR count). The lowest BCUT2D eigenvalue weighted by atomic mass is 9.91. The van der Waals surface area contributed by atoms with Gasteiger partial charge in [-0.05, 0) is 37.1 Å². The number of primary amides is 1. The molecule has 0 radical (unpaired) electrons. The van der Waals surface area contributed by atoms with Crippen molar-refractivity contribution in [3.63, 3.8) is 0 Å². The summed E-state index contributed by atoms with van der Waals surface area (Å²) in [6.07, 6.45) is 3.86. The monoisotopic (exact) mass is 324 g/mol. The van der Waals surface area contributed by atoms with Gasteiger partial charge in [-0.15, -0.1) is 0 Å². The zero-order valence-corrected chi connectivity index (χ0v) is 13.1. The lowest BCUT2D eigenvalue weighted by Gasteiger charge is -2.42. The molecule has 1 saturated heterocycles. The van der Waals surface area contributed by atoms with Gasteiger partial charge in [0.1, 0.15) is 0 Å². The Bertz CT molecular complexity index is 655. The van der Waals surface area contributed by atoms with Gasteiger partial charge < -0.3 is 10.5 Å².